The highest BCUT2D eigenvalue weighted by molar-refractivity contribution is 5.49. The Morgan fingerprint density at radius 1 is 1.15 bits per heavy atom. The number of hydrogen-bond donors (Lipinski definition) is 2. The van der Waals surface area contributed by atoms with Crippen molar-refractivity contribution in [2.75, 3.05) is 12.4 Å². The number of anilines is 1. The first-order valence-corrected chi connectivity index (χ1v) is 6.09. The van der Waals surface area contributed by atoms with E-state index in [4.69, 9.17) is 4.74 Å². The maximum atomic E-state index is 13.6. The van der Waals surface area contributed by atoms with Crippen LogP contribution in [0.1, 0.15) is 18.5 Å². The third-order valence-corrected chi connectivity index (χ3v) is 3.01. The van der Waals surface area contributed by atoms with Crippen LogP contribution in [-0.2, 0) is 0 Å². The van der Waals surface area contributed by atoms with Crippen LogP contribution < -0.4 is 10.1 Å². The Labute approximate surface area is 115 Å². The van der Waals surface area contributed by atoms with Gasteiger partial charge in [-0.15, -0.1) is 0 Å². The number of benzene rings is 2. The maximum absolute atomic E-state index is 13.6. The number of halogens is 2. The summed E-state index contributed by atoms with van der Waals surface area (Å²) < 4.78 is 31.4. The van der Waals surface area contributed by atoms with E-state index in [-0.39, 0.29) is 17.5 Å². The van der Waals surface area contributed by atoms with Crippen LogP contribution in [-0.4, -0.2) is 12.2 Å². The van der Waals surface area contributed by atoms with Crippen molar-refractivity contribution in [3.63, 3.8) is 0 Å². The van der Waals surface area contributed by atoms with Crippen LogP contribution in [0, 0.1) is 11.6 Å². The summed E-state index contributed by atoms with van der Waals surface area (Å²) in [5, 5.41) is 12.5. The van der Waals surface area contributed by atoms with Gasteiger partial charge in [0.2, 0.25) is 0 Å². The Bertz CT molecular complexity index is 617. The van der Waals surface area contributed by atoms with Gasteiger partial charge in [0.25, 0.3) is 0 Å². The minimum absolute atomic E-state index is 0.0383. The van der Waals surface area contributed by atoms with Crippen molar-refractivity contribution in [1.82, 2.24) is 0 Å². The van der Waals surface area contributed by atoms with Crippen molar-refractivity contribution in [2.45, 2.75) is 13.0 Å². The number of methoxy groups -OCH3 is 1. The molecular weight excluding hydrogens is 264 g/mol. The standard InChI is InChI=1S/C15H15F2NO2/c1-9(10-3-6-14(19)15(7-10)20-2)18-13-5-4-11(16)8-12(13)17/h3-9,18-19H,1-2H3. The van der Waals surface area contributed by atoms with Crippen molar-refractivity contribution in [1.29, 1.82) is 0 Å². The van der Waals surface area contributed by atoms with E-state index in [1.54, 1.807) is 12.1 Å². The lowest BCUT2D eigenvalue weighted by Gasteiger charge is -2.17. The second-order valence-electron chi connectivity index (χ2n) is 4.42. The lowest BCUT2D eigenvalue weighted by atomic mass is 10.1. The zero-order valence-electron chi connectivity index (χ0n) is 11.2. The van der Waals surface area contributed by atoms with Gasteiger partial charge in [-0.3, -0.25) is 0 Å². The molecule has 0 amide bonds. The Hall–Kier alpha value is -2.30. The van der Waals surface area contributed by atoms with Gasteiger partial charge in [0.1, 0.15) is 11.6 Å². The molecule has 0 aliphatic heterocycles. The number of phenolic OH excluding ortho intramolecular Hbond substituents is 1. The van der Waals surface area contributed by atoms with Gasteiger partial charge in [-0.25, -0.2) is 8.78 Å². The summed E-state index contributed by atoms with van der Waals surface area (Å²) in [7, 11) is 1.45. The zero-order valence-corrected chi connectivity index (χ0v) is 11.2. The average Bonchev–Trinajstić information content (AvgIpc) is 2.42. The molecule has 0 aliphatic rings. The first-order valence-electron chi connectivity index (χ1n) is 6.09. The Morgan fingerprint density at radius 3 is 2.55 bits per heavy atom. The van der Waals surface area contributed by atoms with Crippen molar-refractivity contribution >= 4 is 5.69 Å². The van der Waals surface area contributed by atoms with E-state index in [2.05, 4.69) is 5.32 Å². The van der Waals surface area contributed by atoms with Gasteiger partial charge in [-0.2, -0.15) is 0 Å². The van der Waals surface area contributed by atoms with E-state index in [0.717, 1.165) is 11.6 Å². The van der Waals surface area contributed by atoms with Gasteiger partial charge in [0.15, 0.2) is 11.5 Å². The van der Waals surface area contributed by atoms with E-state index >= 15 is 0 Å². The second-order valence-corrected chi connectivity index (χ2v) is 4.42. The van der Waals surface area contributed by atoms with Gasteiger partial charge in [-0.05, 0) is 36.8 Å². The highest BCUT2D eigenvalue weighted by Crippen LogP contribution is 2.30. The molecule has 0 saturated heterocycles. The van der Waals surface area contributed by atoms with Crippen LogP contribution in [0.3, 0.4) is 0 Å². The highest BCUT2D eigenvalue weighted by Gasteiger charge is 2.11. The molecule has 106 valence electrons. The molecule has 0 spiro atoms. The summed E-state index contributed by atoms with van der Waals surface area (Å²) in [4.78, 5) is 0. The molecule has 0 aromatic heterocycles. The van der Waals surface area contributed by atoms with E-state index in [0.29, 0.717) is 5.75 Å². The molecule has 0 bridgehead atoms. The van der Waals surface area contributed by atoms with Crippen LogP contribution in [0.2, 0.25) is 0 Å². The molecule has 0 heterocycles. The van der Waals surface area contributed by atoms with Gasteiger partial charge >= 0.3 is 0 Å². The molecule has 0 radical (unpaired) electrons. The Morgan fingerprint density at radius 2 is 1.90 bits per heavy atom. The summed E-state index contributed by atoms with van der Waals surface area (Å²) in [6.45, 7) is 1.83. The van der Waals surface area contributed by atoms with Crippen molar-refractivity contribution in [2.24, 2.45) is 0 Å². The number of ether oxygens (including phenoxy) is 1. The van der Waals surface area contributed by atoms with Gasteiger partial charge < -0.3 is 15.2 Å². The molecule has 3 nitrogen and oxygen atoms in total. The van der Waals surface area contributed by atoms with E-state index in [1.807, 2.05) is 6.92 Å². The minimum Gasteiger partial charge on any atom is -0.504 e. The van der Waals surface area contributed by atoms with E-state index < -0.39 is 11.6 Å². The summed E-state index contributed by atoms with van der Waals surface area (Å²) in [5.41, 5.74) is 1.02. The fourth-order valence-corrected chi connectivity index (χ4v) is 1.89. The number of aromatic hydroxyl groups is 1. The Balaban J connectivity index is 2.21. The fraction of sp³-hybridized carbons (Fsp3) is 0.200. The molecule has 20 heavy (non-hydrogen) atoms. The molecule has 2 N–H and O–H groups in total. The molecule has 2 aromatic carbocycles. The van der Waals surface area contributed by atoms with Crippen LogP contribution >= 0.6 is 0 Å². The molecule has 1 atom stereocenters. The summed E-state index contributed by atoms with van der Waals surface area (Å²) in [6.07, 6.45) is 0. The zero-order chi connectivity index (χ0) is 14.7. The second kappa shape index (κ2) is 5.77. The number of rotatable bonds is 4. The molecule has 0 fully saturated rings. The lowest BCUT2D eigenvalue weighted by Crippen LogP contribution is -2.08. The van der Waals surface area contributed by atoms with Crippen LogP contribution in [0.15, 0.2) is 36.4 Å². The average molecular weight is 279 g/mol. The lowest BCUT2D eigenvalue weighted by molar-refractivity contribution is 0.373. The molecule has 0 aliphatic carbocycles. The van der Waals surface area contributed by atoms with E-state index in [1.165, 1.54) is 25.3 Å². The predicted molar refractivity (Wildman–Crippen MR) is 73.1 cm³/mol. The third-order valence-electron chi connectivity index (χ3n) is 3.01. The normalized spacial score (nSPS) is 12.0. The predicted octanol–water partition coefficient (Wildman–Crippen LogP) is 3.85. The first kappa shape index (κ1) is 14.1. The third kappa shape index (κ3) is 2.99. The van der Waals surface area contributed by atoms with Crippen LogP contribution in [0.5, 0.6) is 11.5 Å². The largest absolute Gasteiger partial charge is 0.504 e. The maximum Gasteiger partial charge on any atom is 0.160 e. The molecule has 5 heteroatoms. The first-order chi connectivity index (χ1) is 9.51. The van der Waals surface area contributed by atoms with Crippen LogP contribution in [0.4, 0.5) is 14.5 Å². The molecular formula is C15H15F2NO2. The smallest absolute Gasteiger partial charge is 0.160 e. The monoisotopic (exact) mass is 279 g/mol. The number of phenols is 1. The van der Waals surface area contributed by atoms with Gasteiger partial charge in [0, 0.05) is 12.1 Å². The summed E-state index contributed by atoms with van der Waals surface area (Å²) in [5.74, 6) is -0.887. The highest BCUT2D eigenvalue weighted by atomic mass is 19.1. The number of nitrogens with one attached hydrogen (secondary N) is 1. The molecule has 1 unspecified atom stereocenters. The van der Waals surface area contributed by atoms with Gasteiger partial charge in [-0.1, -0.05) is 6.07 Å². The van der Waals surface area contributed by atoms with Crippen molar-refractivity contribution in [3.8, 4) is 11.5 Å². The SMILES string of the molecule is COc1cc(C(C)Nc2ccc(F)cc2F)ccc1O. The molecule has 2 aromatic rings. The minimum atomic E-state index is -0.650. The van der Waals surface area contributed by atoms with Crippen molar-refractivity contribution < 1.29 is 18.6 Å². The Kier molecular flexibility index (Phi) is 4.08. The van der Waals surface area contributed by atoms with E-state index in [9.17, 15) is 13.9 Å². The number of hydrogen-bond acceptors (Lipinski definition) is 3. The van der Waals surface area contributed by atoms with Crippen molar-refractivity contribution in [3.05, 3.63) is 53.6 Å². The molecule has 0 saturated carbocycles. The quantitative estimate of drug-likeness (QED) is 0.893. The molecule has 2 rings (SSSR count). The summed E-state index contributed by atoms with van der Waals surface area (Å²) >= 11 is 0. The topological polar surface area (TPSA) is 41.5 Å². The van der Waals surface area contributed by atoms with Crippen LogP contribution in [0.25, 0.3) is 0 Å². The van der Waals surface area contributed by atoms with Gasteiger partial charge in [0.05, 0.1) is 12.8 Å². The fourth-order valence-electron chi connectivity index (χ4n) is 1.89. The summed E-state index contributed by atoms with van der Waals surface area (Å²) in [6, 6.07) is 8.00.